The Balaban J connectivity index is 0.00000274. The van der Waals surface area contributed by atoms with Crippen LogP contribution in [0.3, 0.4) is 0 Å². The third kappa shape index (κ3) is 3.53. The largest absolute Gasteiger partial charge is 2.00 e. The Morgan fingerprint density at radius 2 is 0.765 bits per heavy atom. The smallest absolute Gasteiger partial charge is 0.657 e. The molecule has 3 aromatic heterocycles. The van der Waals surface area contributed by atoms with Gasteiger partial charge < -0.3 is 9.97 Å². The summed E-state index contributed by atoms with van der Waals surface area (Å²) in [5.41, 5.74) is 18.6. The van der Waals surface area contributed by atoms with E-state index in [2.05, 4.69) is 80.5 Å². The summed E-state index contributed by atoms with van der Waals surface area (Å²) in [6.07, 6.45) is 0. The maximum Gasteiger partial charge on any atom is 2.00 e. The third-order valence-electron chi connectivity index (χ3n) is 7.74. The van der Waals surface area contributed by atoms with E-state index in [-0.39, 0.29) is 19.5 Å². The monoisotopic (exact) mass is 498 g/mol. The van der Waals surface area contributed by atoms with Crippen molar-refractivity contribution in [3.8, 4) is 0 Å². The molecule has 2 aliphatic rings. The second-order valence-corrected chi connectivity index (χ2v) is 9.51. The molecule has 0 spiro atoms. The quantitative estimate of drug-likeness (QED) is 0.312. The van der Waals surface area contributed by atoms with E-state index in [1.54, 1.807) is 0 Å². The predicted octanol–water partition coefficient (Wildman–Crippen LogP) is 7.01. The Labute approximate surface area is 214 Å². The molecule has 0 N–H and O–H groups in total. The average molecular weight is 500 g/mol. The van der Waals surface area contributed by atoms with Crippen LogP contribution in [0, 0.1) is 34.6 Å². The maximum absolute atomic E-state index is 5.06. The topological polar surface area (TPSA) is 54.0 Å². The fourth-order valence-corrected chi connectivity index (χ4v) is 4.75. The van der Waals surface area contributed by atoms with E-state index < -0.39 is 0 Å². The molecule has 0 radical (unpaired) electrons. The molecule has 0 saturated heterocycles. The summed E-state index contributed by atoms with van der Waals surface area (Å²) in [6, 6.07) is 6.37. The number of fused-ring (bicyclic) bond motifs is 8. The summed E-state index contributed by atoms with van der Waals surface area (Å²) in [5.74, 6) is 0. The first-order valence-corrected chi connectivity index (χ1v) is 11.5. The normalized spacial score (nSPS) is 13.6. The first-order valence-electron chi connectivity index (χ1n) is 11.5. The summed E-state index contributed by atoms with van der Waals surface area (Å²) in [6.45, 7) is 19.3. The van der Waals surface area contributed by atoms with Crippen LogP contribution in [0.5, 0.6) is 0 Å². The van der Waals surface area contributed by atoms with Gasteiger partial charge >= 0.3 is 19.5 Å². The van der Waals surface area contributed by atoms with Gasteiger partial charge in [-0.1, -0.05) is 39.9 Å². The number of nitrogens with zero attached hydrogens (tertiary/aromatic N) is 4. The van der Waals surface area contributed by atoms with Crippen LogP contribution >= 0.6 is 0 Å². The summed E-state index contributed by atoms with van der Waals surface area (Å²) in [7, 11) is 0. The zero-order chi connectivity index (χ0) is 23.8. The van der Waals surface area contributed by atoms with Gasteiger partial charge in [0.1, 0.15) is 0 Å². The molecule has 0 aliphatic carbocycles. The van der Waals surface area contributed by atoms with E-state index in [0.29, 0.717) is 0 Å². The second-order valence-electron chi connectivity index (χ2n) is 9.51. The molecular weight excluding hydrogens is 470 g/mol. The summed E-state index contributed by atoms with van der Waals surface area (Å²) < 4.78 is 0. The second kappa shape index (κ2) is 8.46. The molecule has 2 aliphatic heterocycles. The molecule has 5 heteroatoms. The molecule has 5 rings (SSSR count). The number of allylic oxidation sites excluding steroid dienone is 4. The molecular formula is C29H30N4Zn. The molecule has 0 amide bonds. The van der Waals surface area contributed by atoms with Crippen molar-refractivity contribution in [3.63, 3.8) is 0 Å². The van der Waals surface area contributed by atoms with E-state index >= 15 is 0 Å². The predicted molar refractivity (Wildman–Crippen MR) is 139 cm³/mol. The van der Waals surface area contributed by atoms with Gasteiger partial charge in [0, 0.05) is 0 Å². The van der Waals surface area contributed by atoms with Gasteiger partial charge in [-0.3, -0.25) is 0 Å². The fourth-order valence-electron chi connectivity index (χ4n) is 4.75. The van der Waals surface area contributed by atoms with Crippen LogP contribution in [-0.2, 0) is 19.5 Å². The van der Waals surface area contributed by atoms with E-state index in [1.165, 1.54) is 44.5 Å². The molecule has 0 fully saturated rings. The Morgan fingerprint density at radius 3 is 1.12 bits per heavy atom. The summed E-state index contributed by atoms with van der Waals surface area (Å²) in [5, 5.41) is 0. The van der Waals surface area contributed by atoms with Crippen LogP contribution < -0.4 is 9.97 Å². The minimum absolute atomic E-state index is 0. The van der Waals surface area contributed by atoms with E-state index in [0.717, 1.165) is 50.4 Å². The molecule has 4 nitrogen and oxygen atoms in total. The van der Waals surface area contributed by atoms with Gasteiger partial charge in [0.2, 0.25) is 0 Å². The van der Waals surface area contributed by atoms with Gasteiger partial charge in [-0.15, -0.1) is 22.1 Å². The summed E-state index contributed by atoms with van der Waals surface area (Å²) in [4.78, 5) is 20.1. The van der Waals surface area contributed by atoms with Crippen molar-refractivity contribution in [1.29, 1.82) is 0 Å². The van der Waals surface area contributed by atoms with E-state index in [1.807, 2.05) is 0 Å². The number of aryl methyl sites for hydroxylation is 5. The average Bonchev–Trinajstić information content (AvgIpc) is 3.41. The molecule has 0 unspecified atom stereocenters. The minimum Gasteiger partial charge on any atom is -0.657 e. The fraction of sp³-hybridized carbons (Fsp3) is 0.310. The number of rotatable bonds is 0. The molecule has 0 saturated carbocycles. The van der Waals surface area contributed by atoms with Crippen molar-refractivity contribution in [2.75, 3.05) is 0 Å². The molecule has 0 aromatic carbocycles. The Morgan fingerprint density at radius 1 is 0.441 bits per heavy atom. The minimum atomic E-state index is 0. The van der Waals surface area contributed by atoms with Gasteiger partial charge in [0.05, 0.1) is 22.8 Å². The molecule has 168 valence electrons. The van der Waals surface area contributed by atoms with Gasteiger partial charge in [0.25, 0.3) is 0 Å². The third-order valence-corrected chi connectivity index (χ3v) is 7.74. The Bertz CT molecular complexity index is 1480. The molecule has 8 bridgehead atoms. The molecule has 3 aromatic rings. The number of aromatic nitrogens is 4. The maximum atomic E-state index is 5.06. The van der Waals surface area contributed by atoms with Crippen molar-refractivity contribution < 1.29 is 19.5 Å². The molecule has 5 heterocycles. The molecule has 34 heavy (non-hydrogen) atoms. The van der Waals surface area contributed by atoms with Crippen LogP contribution in [0.25, 0.3) is 44.4 Å². The SMILES string of the molecule is CC1=C(C)c2cc3[n-]c(c(C)c3C)c(C)c3[n-]c(cc4nc(cc1n2)C(C)=C4C)c(C)c3C.[Zn+2]. The van der Waals surface area contributed by atoms with Gasteiger partial charge in [-0.25, -0.2) is 9.97 Å². The van der Waals surface area contributed by atoms with Gasteiger partial charge in [0.15, 0.2) is 0 Å². The summed E-state index contributed by atoms with van der Waals surface area (Å²) >= 11 is 0. The standard InChI is InChI=1S/C29H30N4.Zn/c1-13-15(3)24-11-26-17(5)19(7)28(32-26)21(9)29-20(8)18(6)27(33-29)12-25-16(4)14(2)23(31-25)10-22(13)30-24;/h10-12H,1-9H3;/q-2;+2. The van der Waals surface area contributed by atoms with Crippen molar-refractivity contribution in [2.24, 2.45) is 0 Å². The first kappa shape index (κ1) is 24.4. The van der Waals surface area contributed by atoms with Crippen LogP contribution in [0.4, 0.5) is 0 Å². The van der Waals surface area contributed by atoms with Crippen LogP contribution in [0.2, 0.25) is 0 Å². The van der Waals surface area contributed by atoms with Gasteiger partial charge in [-0.2, -0.15) is 0 Å². The Kier molecular flexibility index (Phi) is 6.06. The van der Waals surface area contributed by atoms with Crippen LogP contribution in [-0.4, -0.2) is 9.97 Å². The van der Waals surface area contributed by atoms with Crippen LogP contribution in [0.15, 0.2) is 18.2 Å². The van der Waals surface area contributed by atoms with Crippen molar-refractivity contribution in [2.45, 2.75) is 62.3 Å². The Hall–Kier alpha value is -2.78. The van der Waals surface area contributed by atoms with Crippen molar-refractivity contribution in [3.05, 3.63) is 68.8 Å². The number of hydrogen-bond donors (Lipinski definition) is 0. The zero-order valence-electron chi connectivity index (χ0n) is 21.7. The van der Waals surface area contributed by atoms with Crippen LogP contribution in [0.1, 0.15) is 78.3 Å². The van der Waals surface area contributed by atoms with Crippen molar-refractivity contribution >= 4 is 44.4 Å². The van der Waals surface area contributed by atoms with Crippen molar-refractivity contribution in [1.82, 2.24) is 19.9 Å². The van der Waals surface area contributed by atoms with E-state index in [9.17, 15) is 0 Å². The van der Waals surface area contributed by atoms with Gasteiger partial charge in [-0.05, 0) is 90.7 Å². The van der Waals surface area contributed by atoms with E-state index in [4.69, 9.17) is 19.9 Å². The molecule has 0 atom stereocenters. The first-order chi connectivity index (χ1) is 15.6. The zero-order valence-corrected chi connectivity index (χ0v) is 24.7. The number of hydrogen-bond acceptors (Lipinski definition) is 2.